The van der Waals surface area contributed by atoms with Crippen LogP contribution in [0.2, 0.25) is 0 Å². The summed E-state index contributed by atoms with van der Waals surface area (Å²) >= 11 is 0. The molecule has 1 aromatic carbocycles. The van der Waals surface area contributed by atoms with E-state index in [1.165, 1.54) is 16.8 Å². The zero-order valence-corrected chi connectivity index (χ0v) is 17.1. The second-order valence-corrected chi connectivity index (χ2v) is 8.78. The fourth-order valence-electron chi connectivity index (χ4n) is 3.90. The number of hydrogen-bond acceptors (Lipinski definition) is 2. The Kier molecular flexibility index (Phi) is 6.17. The molecule has 1 heterocycles. The van der Waals surface area contributed by atoms with Gasteiger partial charge in [0.2, 0.25) is 0 Å². The second kappa shape index (κ2) is 8.40. The summed E-state index contributed by atoms with van der Waals surface area (Å²) in [6.45, 7) is 6.01. The van der Waals surface area contributed by atoms with Crippen molar-refractivity contribution in [1.29, 1.82) is 0 Å². The van der Waals surface area contributed by atoms with Crippen molar-refractivity contribution in [2.45, 2.75) is 70.4 Å². The van der Waals surface area contributed by atoms with E-state index in [0.717, 1.165) is 48.3 Å². The van der Waals surface area contributed by atoms with Gasteiger partial charge in [-0.3, -0.25) is 4.79 Å². The van der Waals surface area contributed by atoms with E-state index in [1.807, 2.05) is 49.6 Å². The average Bonchev–Trinajstić information content (AvgIpc) is 2.87. The maximum Gasteiger partial charge on any atom is 0.323 e. The summed E-state index contributed by atoms with van der Waals surface area (Å²) in [5, 5.41) is 9.28. The minimum atomic E-state index is -1.20. The van der Waals surface area contributed by atoms with E-state index < -0.39 is 17.0 Å². The van der Waals surface area contributed by atoms with Crippen LogP contribution in [0.15, 0.2) is 29.2 Å². The molecular weight excluding hydrogens is 360 g/mol. The number of rotatable bonds is 7. The van der Waals surface area contributed by atoms with Gasteiger partial charge in [0.25, 0.3) is 0 Å². The van der Waals surface area contributed by atoms with Crippen molar-refractivity contribution in [3.05, 3.63) is 52.3 Å². The van der Waals surface area contributed by atoms with Crippen LogP contribution in [0, 0.1) is 6.92 Å². The van der Waals surface area contributed by atoms with Crippen LogP contribution in [0.5, 0.6) is 0 Å². The van der Waals surface area contributed by atoms with Gasteiger partial charge < -0.3 is 9.67 Å². The number of carboxylic acids is 1. The molecule has 2 aromatic rings. The van der Waals surface area contributed by atoms with Crippen molar-refractivity contribution >= 4 is 17.0 Å². The van der Waals surface area contributed by atoms with Crippen molar-refractivity contribution in [2.24, 2.45) is 0 Å². The highest BCUT2D eigenvalue weighted by Crippen LogP contribution is 2.31. The molecule has 0 saturated carbocycles. The molecule has 27 heavy (non-hydrogen) atoms. The number of fused-ring (bicyclic) bond motifs is 1. The summed E-state index contributed by atoms with van der Waals surface area (Å²) in [5.74, 6) is -0.794. The molecule has 0 aliphatic heterocycles. The molecule has 1 aliphatic rings. The van der Waals surface area contributed by atoms with E-state index in [2.05, 4.69) is 4.72 Å². The van der Waals surface area contributed by atoms with Crippen LogP contribution in [0.25, 0.3) is 0 Å². The molecule has 0 saturated heterocycles. The normalized spacial score (nSPS) is 15.0. The third-order valence-electron chi connectivity index (χ3n) is 5.12. The molecule has 1 atom stereocenters. The van der Waals surface area contributed by atoms with Crippen LogP contribution in [-0.2, 0) is 41.6 Å². The molecule has 0 spiro atoms. The minimum absolute atomic E-state index is 0.0347. The predicted molar refractivity (Wildman–Crippen MR) is 107 cm³/mol. The highest BCUT2D eigenvalue weighted by Gasteiger charge is 2.23. The zero-order chi connectivity index (χ0) is 19.6. The van der Waals surface area contributed by atoms with Gasteiger partial charge in [-0.25, -0.2) is 8.93 Å². The van der Waals surface area contributed by atoms with E-state index in [4.69, 9.17) is 0 Å². The minimum Gasteiger partial charge on any atom is -0.480 e. The Morgan fingerprint density at radius 2 is 1.89 bits per heavy atom. The number of carbonyl (C=O) groups is 1. The number of aromatic nitrogens is 1. The fraction of sp³-hybridized carbons (Fsp3) is 0.476. The molecule has 0 radical (unpaired) electrons. The quantitative estimate of drug-likeness (QED) is 0.764. The molecule has 146 valence electrons. The first kappa shape index (κ1) is 19.8. The topological polar surface area (TPSA) is 71.3 Å². The van der Waals surface area contributed by atoms with Crippen molar-refractivity contribution in [3.8, 4) is 0 Å². The Morgan fingerprint density at radius 1 is 1.22 bits per heavy atom. The van der Waals surface area contributed by atoms with Crippen molar-refractivity contribution in [1.82, 2.24) is 9.29 Å². The summed E-state index contributed by atoms with van der Waals surface area (Å²) in [6, 6.07) is 8.04. The number of nitrogens with zero attached hydrogens (tertiary/aromatic N) is 1. The Labute approximate surface area is 163 Å². The lowest BCUT2D eigenvalue weighted by molar-refractivity contribution is -0.137. The van der Waals surface area contributed by atoms with Crippen molar-refractivity contribution in [2.75, 3.05) is 0 Å². The van der Waals surface area contributed by atoms with Gasteiger partial charge in [-0.1, -0.05) is 12.1 Å². The lowest BCUT2D eigenvalue weighted by atomic mass is 9.92. The van der Waals surface area contributed by atoms with Gasteiger partial charge in [-0.15, -0.1) is 0 Å². The number of nitrogens with one attached hydrogen (secondary N) is 1. The highest BCUT2D eigenvalue weighted by molar-refractivity contribution is 7.83. The largest absolute Gasteiger partial charge is 0.480 e. The highest BCUT2D eigenvalue weighted by atomic mass is 32.2. The molecule has 0 fully saturated rings. The lowest BCUT2D eigenvalue weighted by Crippen LogP contribution is -2.24. The first-order chi connectivity index (χ1) is 12.9. The average molecular weight is 389 g/mol. The predicted octanol–water partition coefficient (Wildman–Crippen LogP) is 3.37. The Bertz CT molecular complexity index is 853. The molecule has 2 N–H and O–H groups in total. The maximum absolute atomic E-state index is 12.2. The second-order valence-electron chi connectivity index (χ2n) is 7.54. The standard InChI is InChI=1S/C21H28N2O3S/c1-14(2)22-27(26)17-10-8-16(9-11-17)12-19-15(3)23(13-21(24)25)20-7-5-4-6-18(19)20/h8-11,14,22H,4-7,12-13H2,1-3H3,(H,24,25). The smallest absolute Gasteiger partial charge is 0.323 e. The monoisotopic (exact) mass is 388 g/mol. The van der Waals surface area contributed by atoms with Gasteiger partial charge in [-0.05, 0) is 81.7 Å². The van der Waals surface area contributed by atoms with E-state index in [9.17, 15) is 14.1 Å². The molecule has 0 bridgehead atoms. The van der Waals surface area contributed by atoms with Crippen LogP contribution in [0.3, 0.4) is 0 Å². The van der Waals surface area contributed by atoms with Gasteiger partial charge in [0.1, 0.15) is 17.5 Å². The van der Waals surface area contributed by atoms with Crippen molar-refractivity contribution in [3.63, 3.8) is 0 Å². The first-order valence-corrected chi connectivity index (χ1v) is 10.7. The van der Waals surface area contributed by atoms with Gasteiger partial charge in [0.05, 0.1) is 4.90 Å². The van der Waals surface area contributed by atoms with Crippen molar-refractivity contribution < 1.29 is 14.1 Å². The number of carboxylic acid groups (broad SMARTS) is 1. The van der Waals surface area contributed by atoms with Crippen LogP contribution >= 0.6 is 0 Å². The number of benzene rings is 1. The Morgan fingerprint density at radius 3 is 2.52 bits per heavy atom. The molecule has 1 aromatic heterocycles. The summed E-state index contributed by atoms with van der Waals surface area (Å²) in [7, 11) is -1.20. The van der Waals surface area contributed by atoms with Gasteiger partial charge in [-0.2, -0.15) is 0 Å². The summed E-state index contributed by atoms with van der Waals surface area (Å²) in [6.07, 6.45) is 5.06. The van der Waals surface area contributed by atoms with Crippen LogP contribution in [-0.4, -0.2) is 25.9 Å². The first-order valence-electron chi connectivity index (χ1n) is 9.55. The summed E-state index contributed by atoms with van der Waals surface area (Å²) < 4.78 is 17.2. The van der Waals surface area contributed by atoms with E-state index in [0.29, 0.717) is 0 Å². The summed E-state index contributed by atoms with van der Waals surface area (Å²) in [5.41, 5.74) is 6.03. The maximum atomic E-state index is 12.2. The van der Waals surface area contributed by atoms with E-state index >= 15 is 0 Å². The molecule has 1 aliphatic carbocycles. The Hall–Kier alpha value is -1.92. The fourth-order valence-corrected chi connectivity index (χ4v) is 4.84. The third-order valence-corrected chi connectivity index (χ3v) is 6.51. The molecule has 3 rings (SSSR count). The molecule has 6 heteroatoms. The van der Waals surface area contributed by atoms with Crippen LogP contribution in [0.1, 0.15) is 54.8 Å². The molecule has 0 amide bonds. The van der Waals surface area contributed by atoms with Crippen LogP contribution in [0.4, 0.5) is 0 Å². The van der Waals surface area contributed by atoms with Gasteiger partial charge >= 0.3 is 5.97 Å². The summed E-state index contributed by atoms with van der Waals surface area (Å²) in [4.78, 5) is 12.1. The van der Waals surface area contributed by atoms with Gasteiger partial charge in [0.15, 0.2) is 0 Å². The third kappa shape index (κ3) is 4.50. The molecule has 1 unspecified atom stereocenters. The SMILES string of the molecule is Cc1c(Cc2ccc(S(=O)NC(C)C)cc2)c2c(n1CC(=O)O)CCCC2. The number of aliphatic carboxylic acids is 1. The lowest BCUT2D eigenvalue weighted by Gasteiger charge is -2.15. The molecule has 5 nitrogen and oxygen atoms in total. The molecular formula is C21H28N2O3S. The van der Waals surface area contributed by atoms with Crippen LogP contribution < -0.4 is 4.72 Å². The van der Waals surface area contributed by atoms with Gasteiger partial charge in [0, 0.05) is 17.4 Å². The number of hydrogen-bond donors (Lipinski definition) is 2. The van der Waals surface area contributed by atoms with E-state index in [1.54, 1.807) is 0 Å². The zero-order valence-electron chi connectivity index (χ0n) is 16.2. The van der Waals surface area contributed by atoms with E-state index in [-0.39, 0.29) is 12.6 Å². The Balaban J connectivity index is 1.86.